The van der Waals surface area contributed by atoms with Gasteiger partial charge in [0, 0.05) is 6.42 Å². The molecule has 2 fully saturated rings. The average Bonchev–Trinajstić information content (AvgIpc) is 2.35. The molecule has 2 saturated carbocycles. The normalized spacial score (nSPS) is 41.2. The van der Waals surface area contributed by atoms with Crippen molar-refractivity contribution in [2.45, 2.75) is 33.1 Å². The Hall–Kier alpha value is -0.370. The summed E-state index contributed by atoms with van der Waals surface area (Å²) in [5, 5.41) is -0.442. The van der Waals surface area contributed by atoms with Gasteiger partial charge in [0.15, 0.2) is 0 Å². The van der Waals surface area contributed by atoms with Gasteiger partial charge in [-0.3, -0.25) is 9.59 Å². The molecule has 0 heterocycles. The smallest absolute Gasteiger partial charge is 0.235 e. The molecule has 2 unspecified atom stereocenters. The quantitative estimate of drug-likeness (QED) is 0.480. The van der Waals surface area contributed by atoms with E-state index in [9.17, 15) is 9.59 Å². The van der Waals surface area contributed by atoms with Gasteiger partial charge in [0.1, 0.15) is 11.2 Å². The molecule has 2 bridgehead atoms. The second-order valence-corrected chi connectivity index (χ2v) is 5.11. The zero-order valence-corrected chi connectivity index (χ0v) is 8.65. The van der Waals surface area contributed by atoms with E-state index in [-0.39, 0.29) is 11.2 Å². The van der Waals surface area contributed by atoms with Gasteiger partial charge in [0.2, 0.25) is 5.24 Å². The van der Waals surface area contributed by atoms with Crippen LogP contribution in [0.15, 0.2) is 0 Å². The summed E-state index contributed by atoms with van der Waals surface area (Å²) >= 11 is 5.59. The van der Waals surface area contributed by atoms with E-state index in [2.05, 4.69) is 0 Å². The molecule has 2 rings (SSSR count). The fraction of sp³-hybridized carbons (Fsp3) is 0.800. The first-order chi connectivity index (χ1) is 5.93. The van der Waals surface area contributed by atoms with E-state index in [1.807, 2.05) is 13.8 Å². The molecule has 0 radical (unpaired) electrons. The Morgan fingerprint density at radius 1 is 1.54 bits per heavy atom. The molecule has 0 saturated heterocycles. The number of hydrogen-bond donors (Lipinski definition) is 0. The van der Waals surface area contributed by atoms with Crippen LogP contribution in [0.3, 0.4) is 0 Å². The van der Waals surface area contributed by atoms with Gasteiger partial charge < -0.3 is 0 Å². The van der Waals surface area contributed by atoms with Gasteiger partial charge in [-0.05, 0) is 35.8 Å². The fourth-order valence-corrected chi connectivity index (χ4v) is 3.58. The van der Waals surface area contributed by atoms with Crippen molar-refractivity contribution < 1.29 is 9.59 Å². The molecule has 0 aromatic carbocycles. The Morgan fingerprint density at radius 2 is 2.15 bits per heavy atom. The number of hydrogen-bond acceptors (Lipinski definition) is 2. The van der Waals surface area contributed by atoms with Crippen LogP contribution in [0.4, 0.5) is 0 Å². The van der Waals surface area contributed by atoms with Crippen molar-refractivity contribution in [1.82, 2.24) is 0 Å². The number of ketones is 1. The third kappa shape index (κ3) is 0.804. The van der Waals surface area contributed by atoms with Crippen LogP contribution < -0.4 is 0 Å². The van der Waals surface area contributed by atoms with Crippen LogP contribution in [0.1, 0.15) is 33.1 Å². The maximum atomic E-state index is 11.7. The number of halogens is 1. The topological polar surface area (TPSA) is 34.1 Å². The molecule has 2 atom stereocenters. The van der Waals surface area contributed by atoms with E-state index in [4.69, 9.17) is 11.6 Å². The summed E-state index contributed by atoms with van der Waals surface area (Å²) in [5.74, 6) is 0.427. The number of carbonyl (C=O) groups is 2. The molecule has 0 spiro atoms. The maximum absolute atomic E-state index is 11.7. The van der Waals surface area contributed by atoms with Crippen LogP contribution in [0.2, 0.25) is 0 Å². The zero-order valence-electron chi connectivity index (χ0n) is 7.89. The van der Waals surface area contributed by atoms with Crippen molar-refractivity contribution in [3.63, 3.8) is 0 Å². The van der Waals surface area contributed by atoms with E-state index in [1.54, 1.807) is 0 Å². The Labute approximate surface area is 82.6 Å². The van der Waals surface area contributed by atoms with Crippen molar-refractivity contribution in [2.75, 3.05) is 0 Å². The fourth-order valence-electron chi connectivity index (χ4n) is 3.14. The van der Waals surface area contributed by atoms with E-state index >= 15 is 0 Å². The average molecular weight is 201 g/mol. The van der Waals surface area contributed by atoms with Gasteiger partial charge >= 0.3 is 0 Å². The second-order valence-electron chi connectivity index (χ2n) is 4.76. The molecule has 0 N–H and O–H groups in total. The van der Waals surface area contributed by atoms with Crippen molar-refractivity contribution in [3.05, 3.63) is 0 Å². The number of rotatable bonds is 1. The highest BCUT2D eigenvalue weighted by Gasteiger charge is 2.67. The minimum atomic E-state index is -0.848. The van der Waals surface area contributed by atoms with Gasteiger partial charge in [0.05, 0.1) is 0 Å². The molecule has 2 aliphatic rings. The van der Waals surface area contributed by atoms with Gasteiger partial charge in [-0.2, -0.15) is 0 Å². The predicted octanol–water partition coefficient (Wildman–Crippen LogP) is 2.15. The number of carbonyl (C=O) groups excluding carboxylic acids is 2. The molecular weight excluding hydrogens is 188 g/mol. The van der Waals surface area contributed by atoms with Crippen LogP contribution >= 0.6 is 11.6 Å². The minimum Gasteiger partial charge on any atom is -0.298 e. The highest BCUT2D eigenvalue weighted by Crippen LogP contribution is 2.64. The van der Waals surface area contributed by atoms with Gasteiger partial charge in [0.25, 0.3) is 0 Å². The molecule has 2 aliphatic carbocycles. The zero-order chi connectivity index (χ0) is 9.85. The lowest BCUT2D eigenvalue weighted by atomic mass is 9.70. The third-order valence-electron chi connectivity index (χ3n) is 4.23. The van der Waals surface area contributed by atoms with Crippen LogP contribution in [-0.2, 0) is 9.59 Å². The third-order valence-corrected chi connectivity index (χ3v) is 4.55. The van der Waals surface area contributed by atoms with Gasteiger partial charge in [-0.25, -0.2) is 0 Å². The SMILES string of the molecule is CC1(C)C2CCC1(C(=O)Cl)C(=O)C2. The van der Waals surface area contributed by atoms with E-state index in [0.717, 1.165) is 6.42 Å². The maximum Gasteiger partial charge on any atom is 0.235 e. The molecule has 72 valence electrons. The van der Waals surface area contributed by atoms with E-state index < -0.39 is 10.7 Å². The Morgan fingerprint density at radius 3 is 2.38 bits per heavy atom. The Kier molecular flexibility index (Phi) is 1.66. The second kappa shape index (κ2) is 2.35. The highest BCUT2D eigenvalue weighted by atomic mass is 35.5. The van der Waals surface area contributed by atoms with Crippen molar-refractivity contribution in [1.29, 1.82) is 0 Å². The molecule has 2 nitrogen and oxygen atoms in total. The summed E-state index contributed by atoms with van der Waals surface area (Å²) < 4.78 is 0. The molecule has 0 aromatic heterocycles. The van der Waals surface area contributed by atoms with Crippen molar-refractivity contribution in [2.24, 2.45) is 16.7 Å². The van der Waals surface area contributed by atoms with Crippen molar-refractivity contribution in [3.8, 4) is 0 Å². The van der Waals surface area contributed by atoms with Crippen molar-refractivity contribution >= 4 is 22.6 Å². The number of Topliss-reactive ketones (excluding diaryl/α,β-unsaturated/α-hetero) is 1. The lowest BCUT2D eigenvalue weighted by Gasteiger charge is -2.32. The standard InChI is InChI=1S/C10H13ClO2/c1-9(2)6-3-4-10(9,8(11)13)7(12)5-6/h6H,3-5H2,1-2H3. The van der Waals surface area contributed by atoms with E-state index in [0.29, 0.717) is 18.8 Å². The van der Waals surface area contributed by atoms with Crippen LogP contribution in [-0.4, -0.2) is 11.0 Å². The lowest BCUT2D eigenvalue weighted by molar-refractivity contribution is -0.138. The predicted molar refractivity (Wildman–Crippen MR) is 49.4 cm³/mol. The monoisotopic (exact) mass is 200 g/mol. The Balaban J connectivity index is 2.55. The summed E-state index contributed by atoms with van der Waals surface area (Å²) in [5.41, 5.74) is -1.07. The summed E-state index contributed by atoms with van der Waals surface area (Å²) in [6, 6.07) is 0. The molecule has 0 amide bonds. The number of fused-ring (bicyclic) bond motifs is 2. The largest absolute Gasteiger partial charge is 0.298 e. The van der Waals surface area contributed by atoms with Crippen LogP contribution in [0, 0.1) is 16.7 Å². The van der Waals surface area contributed by atoms with Crippen LogP contribution in [0.5, 0.6) is 0 Å². The molecule has 0 aromatic rings. The molecule has 13 heavy (non-hydrogen) atoms. The Bertz CT molecular complexity index is 295. The summed E-state index contributed by atoms with van der Waals surface area (Å²) in [7, 11) is 0. The molecule has 0 aliphatic heterocycles. The first-order valence-electron chi connectivity index (χ1n) is 4.66. The highest BCUT2D eigenvalue weighted by molar-refractivity contribution is 6.66. The lowest BCUT2D eigenvalue weighted by Crippen LogP contribution is -2.41. The first kappa shape index (κ1) is 9.20. The molecule has 3 heteroatoms. The van der Waals surface area contributed by atoms with Gasteiger partial charge in [-0.1, -0.05) is 13.8 Å². The van der Waals surface area contributed by atoms with E-state index in [1.165, 1.54) is 0 Å². The van der Waals surface area contributed by atoms with Crippen LogP contribution in [0.25, 0.3) is 0 Å². The minimum absolute atomic E-state index is 0.0637. The summed E-state index contributed by atoms with van der Waals surface area (Å²) in [6.07, 6.45) is 2.18. The molecular formula is C10H13ClO2. The van der Waals surface area contributed by atoms with Gasteiger partial charge in [-0.15, -0.1) is 0 Å². The summed E-state index contributed by atoms with van der Waals surface area (Å²) in [4.78, 5) is 23.1. The first-order valence-corrected chi connectivity index (χ1v) is 5.04. The summed E-state index contributed by atoms with van der Waals surface area (Å²) in [6.45, 7) is 3.99.